The van der Waals surface area contributed by atoms with Gasteiger partial charge in [-0.05, 0) is 61.7 Å². The minimum atomic E-state index is -3.69. The Bertz CT molecular complexity index is 1260. The third kappa shape index (κ3) is 3.57. The zero-order valence-electron chi connectivity index (χ0n) is 17.0. The Morgan fingerprint density at radius 2 is 1.94 bits per heavy atom. The van der Waals surface area contributed by atoms with Gasteiger partial charge in [0.15, 0.2) is 0 Å². The molecule has 2 aliphatic heterocycles. The SMILES string of the molecule is Cc1cccc(S(=O)(=O)Nc2ccc(C(=O)N3C4CCC3c3cncnc3C4)cc2)c1. The molecule has 0 saturated carbocycles. The van der Waals surface area contributed by atoms with Gasteiger partial charge in [-0.3, -0.25) is 9.52 Å². The summed E-state index contributed by atoms with van der Waals surface area (Å²) in [5.74, 6) is -0.0462. The Labute approximate surface area is 181 Å². The second-order valence-electron chi connectivity index (χ2n) is 8.09. The number of rotatable bonds is 4. The molecule has 5 rings (SSSR count). The van der Waals surface area contributed by atoms with Gasteiger partial charge in [0.25, 0.3) is 15.9 Å². The van der Waals surface area contributed by atoms with E-state index in [4.69, 9.17) is 0 Å². The van der Waals surface area contributed by atoms with E-state index in [9.17, 15) is 13.2 Å². The number of fused-ring (bicyclic) bond motifs is 4. The summed E-state index contributed by atoms with van der Waals surface area (Å²) in [5, 5.41) is 0. The van der Waals surface area contributed by atoms with Crippen molar-refractivity contribution in [3.63, 3.8) is 0 Å². The van der Waals surface area contributed by atoms with E-state index < -0.39 is 10.0 Å². The molecule has 3 aromatic rings. The van der Waals surface area contributed by atoms with E-state index in [0.29, 0.717) is 11.3 Å². The molecule has 1 N–H and O–H groups in total. The second-order valence-corrected chi connectivity index (χ2v) is 9.77. The van der Waals surface area contributed by atoms with Gasteiger partial charge in [-0.1, -0.05) is 12.1 Å². The number of sulfonamides is 1. The molecule has 3 heterocycles. The molecular formula is C23H22N4O3S. The maximum Gasteiger partial charge on any atom is 0.261 e. The fourth-order valence-electron chi connectivity index (χ4n) is 4.56. The fraction of sp³-hybridized carbons (Fsp3) is 0.261. The van der Waals surface area contributed by atoms with Crippen molar-refractivity contribution in [2.45, 2.75) is 43.2 Å². The molecule has 2 unspecified atom stereocenters. The third-order valence-electron chi connectivity index (χ3n) is 6.04. The number of aromatic nitrogens is 2. The minimum Gasteiger partial charge on any atom is -0.328 e. The molecule has 31 heavy (non-hydrogen) atoms. The van der Waals surface area contributed by atoms with Crippen LogP contribution in [0.5, 0.6) is 0 Å². The minimum absolute atomic E-state index is 0.00181. The van der Waals surface area contributed by atoms with Crippen LogP contribution in [0, 0.1) is 6.92 Å². The van der Waals surface area contributed by atoms with Crippen LogP contribution in [-0.2, 0) is 16.4 Å². The lowest BCUT2D eigenvalue weighted by Crippen LogP contribution is -2.42. The summed E-state index contributed by atoms with van der Waals surface area (Å²) >= 11 is 0. The van der Waals surface area contributed by atoms with Crippen LogP contribution in [0.4, 0.5) is 5.69 Å². The number of carbonyl (C=O) groups is 1. The first kappa shape index (κ1) is 19.7. The number of hydrogen-bond donors (Lipinski definition) is 1. The Kier molecular flexibility index (Phi) is 4.74. The van der Waals surface area contributed by atoms with Crippen LogP contribution >= 0.6 is 0 Å². The Morgan fingerprint density at radius 1 is 1.13 bits per heavy atom. The van der Waals surface area contributed by atoms with Crippen molar-refractivity contribution in [2.75, 3.05) is 4.72 Å². The zero-order valence-corrected chi connectivity index (χ0v) is 17.8. The molecule has 1 amide bonds. The van der Waals surface area contributed by atoms with Gasteiger partial charge in [-0.25, -0.2) is 18.4 Å². The number of benzene rings is 2. The zero-order chi connectivity index (χ0) is 21.6. The normalized spacial score (nSPS) is 19.7. The molecule has 1 saturated heterocycles. The molecule has 7 nitrogen and oxygen atoms in total. The highest BCUT2D eigenvalue weighted by Gasteiger charge is 2.43. The smallest absolute Gasteiger partial charge is 0.261 e. The molecule has 2 atom stereocenters. The molecule has 158 valence electrons. The van der Waals surface area contributed by atoms with Crippen LogP contribution in [0.1, 0.15) is 46.1 Å². The Morgan fingerprint density at radius 3 is 2.71 bits per heavy atom. The van der Waals surface area contributed by atoms with E-state index in [1.165, 1.54) is 0 Å². The number of nitrogens with zero attached hydrogens (tertiary/aromatic N) is 3. The summed E-state index contributed by atoms with van der Waals surface area (Å²) < 4.78 is 27.8. The first-order chi connectivity index (χ1) is 14.9. The van der Waals surface area contributed by atoms with Crippen molar-refractivity contribution < 1.29 is 13.2 Å². The molecule has 0 spiro atoms. The number of anilines is 1. The van der Waals surface area contributed by atoms with Crippen molar-refractivity contribution in [3.8, 4) is 0 Å². The molecule has 2 aromatic carbocycles. The van der Waals surface area contributed by atoms with Crippen molar-refractivity contribution in [3.05, 3.63) is 83.4 Å². The number of amides is 1. The van der Waals surface area contributed by atoms with Gasteiger partial charge in [-0.2, -0.15) is 0 Å². The van der Waals surface area contributed by atoms with Crippen molar-refractivity contribution in [1.29, 1.82) is 0 Å². The van der Waals surface area contributed by atoms with Gasteiger partial charge < -0.3 is 4.90 Å². The number of aryl methyl sites for hydroxylation is 1. The summed E-state index contributed by atoms with van der Waals surface area (Å²) in [6, 6.07) is 13.5. The second kappa shape index (κ2) is 7.46. The van der Waals surface area contributed by atoms with Crippen molar-refractivity contribution >= 4 is 21.6 Å². The van der Waals surface area contributed by atoms with Crippen LogP contribution < -0.4 is 4.72 Å². The van der Waals surface area contributed by atoms with Gasteiger partial charge in [0.05, 0.1) is 16.6 Å². The summed E-state index contributed by atoms with van der Waals surface area (Å²) in [4.78, 5) is 24.0. The average molecular weight is 435 g/mol. The molecule has 0 aliphatic carbocycles. The number of carbonyl (C=O) groups excluding carboxylic acids is 1. The van der Waals surface area contributed by atoms with Gasteiger partial charge >= 0.3 is 0 Å². The van der Waals surface area contributed by atoms with Crippen molar-refractivity contribution in [1.82, 2.24) is 14.9 Å². The van der Waals surface area contributed by atoms with Crippen LogP contribution in [0.2, 0.25) is 0 Å². The van der Waals surface area contributed by atoms with Crippen LogP contribution in [0.3, 0.4) is 0 Å². The van der Waals surface area contributed by atoms with E-state index >= 15 is 0 Å². The molecule has 1 aromatic heterocycles. The van der Waals surface area contributed by atoms with Gasteiger partial charge in [-0.15, -0.1) is 0 Å². The lowest BCUT2D eigenvalue weighted by Gasteiger charge is -2.35. The molecule has 8 heteroatoms. The summed E-state index contributed by atoms with van der Waals surface area (Å²) in [6.07, 6.45) is 5.98. The summed E-state index contributed by atoms with van der Waals surface area (Å²) in [7, 11) is -3.69. The van der Waals surface area contributed by atoms with Gasteiger partial charge in [0.2, 0.25) is 0 Å². The Hall–Kier alpha value is -3.26. The molecule has 2 aliphatic rings. The predicted octanol–water partition coefficient (Wildman–Crippen LogP) is 3.49. The fourth-order valence-corrected chi connectivity index (χ4v) is 5.72. The maximum atomic E-state index is 13.3. The largest absolute Gasteiger partial charge is 0.328 e. The van der Waals surface area contributed by atoms with E-state index in [2.05, 4.69) is 14.7 Å². The number of hydrogen-bond acceptors (Lipinski definition) is 5. The third-order valence-corrected chi connectivity index (χ3v) is 7.41. The topological polar surface area (TPSA) is 92.3 Å². The van der Waals surface area contributed by atoms with Crippen LogP contribution in [0.25, 0.3) is 0 Å². The number of nitrogens with one attached hydrogen (secondary N) is 1. The first-order valence-electron chi connectivity index (χ1n) is 10.2. The predicted molar refractivity (Wildman–Crippen MR) is 116 cm³/mol. The highest BCUT2D eigenvalue weighted by molar-refractivity contribution is 7.92. The Balaban J connectivity index is 1.36. The monoisotopic (exact) mass is 434 g/mol. The first-order valence-corrected chi connectivity index (χ1v) is 11.7. The summed E-state index contributed by atoms with van der Waals surface area (Å²) in [6.45, 7) is 1.84. The molecule has 0 radical (unpaired) electrons. The quantitative estimate of drug-likeness (QED) is 0.679. The maximum absolute atomic E-state index is 13.3. The van der Waals surface area contributed by atoms with Crippen molar-refractivity contribution in [2.24, 2.45) is 0 Å². The van der Waals surface area contributed by atoms with E-state index in [1.54, 1.807) is 48.8 Å². The van der Waals surface area contributed by atoms with Crippen LogP contribution in [-0.4, -0.2) is 35.2 Å². The molecule has 1 fully saturated rings. The average Bonchev–Trinajstić information content (AvgIpc) is 3.08. The van der Waals surface area contributed by atoms with E-state index in [-0.39, 0.29) is 22.9 Å². The molecule has 2 bridgehead atoms. The highest BCUT2D eigenvalue weighted by atomic mass is 32.2. The standard InChI is InChI=1S/C23H22N4O3S/c1-15-3-2-4-19(11-15)31(29,30)26-17-7-5-16(6-8-17)23(28)27-18-9-10-22(27)20-13-24-14-25-21(20)12-18/h2-8,11,13-14,18,22,26H,9-10,12H2,1H3. The van der Waals surface area contributed by atoms with Gasteiger partial charge in [0, 0.05) is 35.5 Å². The van der Waals surface area contributed by atoms with E-state index in [0.717, 1.165) is 36.1 Å². The van der Waals surface area contributed by atoms with Crippen LogP contribution in [0.15, 0.2) is 66.0 Å². The molecular weight excluding hydrogens is 412 g/mol. The summed E-state index contributed by atoms with van der Waals surface area (Å²) in [5.41, 5.74) is 3.89. The lowest BCUT2D eigenvalue weighted by atomic mass is 9.98. The lowest BCUT2D eigenvalue weighted by molar-refractivity contribution is 0.0644. The highest BCUT2D eigenvalue weighted by Crippen LogP contribution is 2.43. The van der Waals surface area contributed by atoms with E-state index in [1.807, 2.05) is 24.1 Å². The van der Waals surface area contributed by atoms with Gasteiger partial charge in [0.1, 0.15) is 6.33 Å².